The number of aromatic nitrogens is 1. The van der Waals surface area contributed by atoms with Crippen LogP contribution < -0.4 is 10.6 Å². The van der Waals surface area contributed by atoms with Crippen LogP contribution >= 0.6 is 15.9 Å². The SMILES string of the molecule is CCNC(=NCc1ccccn1)NC1CCN(Cc2ccc(Br)cc2)CC1. The van der Waals surface area contributed by atoms with Crippen LogP contribution in [0.1, 0.15) is 31.0 Å². The molecule has 1 aliphatic rings. The monoisotopic (exact) mass is 429 g/mol. The molecule has 1 aromatic carbocycles. The van der Waals surface area contributed by atoms with Gasteiger partial charge in [0.1, 0.15) is 0 Å². The number of hydrogen-bond donors (Lipinski definition) is 2. The number of halogens is 1. The Morgan fingerprint density at radius 1 is 1.19 bits per heavy atom. The fourth-order valence-corrected chi connectivity index (χ4v) is 3.51. The van der Waals surface area contributed by atoms with Gasteiger partial charge in [-0.3, -0.25) is 9.88 Å². The Morgan fingerprint density at radius 3 is 2.63 bits per heavy atom. The van der Waals surface area contributed by atoms with E-state index >= 15 is 0 Å². The van der Waals surface area contributed by atoms with Crippen LogP contribution in [0.4, 0.5) is 0 Å². The first-order valence-electron chi connectivity index (χ1n) is 9.64. The molecule has 0 radical (unpaired) electrons. The molecule has 144 valence electrons. The maximum Gasteiger partial charge on any atom is 0.191 e. The number of aliphatic imine (C=N–C) groups is 1. The summed E-state index contributed by atoms with van der Waals surface area (Å²) in [6.07, 6.45) is 4.07. The quantitative estimate of drug-likeness (QED) is 0.544. The minimum atomic E-state index is 0.465. The molecule has 0 amide bonds. The van der Waals surface area contributed by atoms with E-state index < -0.39 is 0 Å². The van der Waals surface area contributed by atoms with Crippen molar-refractivity contribution in [2.24, 2.45) is 4.99 Å². The highest BCUT2D eigenvalue weighted by Gasteiger charge is 2.20. The molecule has 0 bridgehead atoms. The van der Waals surface area contributed by atoms with Crippen LogP contribution in [0.15, 0.2) is 58.1 Å². The van der Waals surface area contributed by atoms with E-state index in [-0.39, 0.29) is 0 Å². The van der Waals surface area contributed by atoms with E-state index in [1.54, 1.807) is 0 Å². The van der Waals surface area contributed by atoms with E-state index in [4.69, 9.17) is 0 Å². The fourth-order valence-electron chi connectivity index (χ4n) is 3.25. The molecule has 27 heavy (non-hydrogen) atoms. The Morgan fingerprint density at radius 2 is 1.96 bits per heavy atom. The Balaban J connectivity index is 1.47. The van der Waals surface area contributed by atoms with Crippen molar-refractivity contribution in [1.29, 1.82) is 0 Å². The molecular weight excluding hydrogens is 402 g/mol. The molecule has 1 saturated heterocycles. The smallest absolute Gasteiger partial charge is 0.191 e. The molecule has 0 aliphatic carbocycles. The summed E-state index contributed by atoms with van der Waals surface area (Å²) in [6, 6.07) is 15.0. The molecular formula is C21H28BrN5. The second-order valence-electron chi connectivity index (χ2n) is 6.84. The van der Waals surface area contributed by atoms with E-state index in [0.29, 0.717) is 12.6 Å². The summed E-state index contributed by atoms with van der Waals surface area (Å²) in [5.74, 6) is 0.884. The maximum absolute atomic E-state index is 4.69. The number of guanidine groups is 1. The number of likely N-dealkylation sites (tertiary alicyclic amines) is 1. The van der Waals surface area contributed by atoms with E-state index in [1.807, 2.05) is 24.4 Å². The van der Waals surface area contributed by atoms with Crippen LogP contribution in [-0.4, -0.2) is 41.5 Å². The molecule has 1 aliphatic heterocycles. The third kappa shape index (κ3) is 6.63. The van der Waals surface area contributed by atoms with Gasteiger partial charge in [-0.25, -0.2) is 4.99 Å². The highest BCUT2D eigenvalue weighted by molar-refractivity contribution is 9.10. The van der Waals surface area contributed by atoms with Crippen LogP contribution in [0.2, 0.25) is 0 Å². The van der Waals surface area contributed by atoms with Gasteiger partial charge in [0, 0.05) is 42.9 Å². The average molecular weight is 430 g/mol. The first-order valence-corrected chi connectivity index (χ1v) is 10.4. The number of nitrogens with zero attached hydrogens (tertiary/aromatic N) is 3. The van der Waals surface area contributed by atoms with Crippen molar-refractivity contribution in [1.82, 2.24) is 20.5 Å². The maximum atomic E-state index is 4.69. The normalized spacial score (nSPS) is 16.3. The molecule has 0 unspecified atom stereocenters. The van der Waals surface area contributed by atoms with E-state index in [0.717, 1.165) is 55.1 Å². The predicted octanol–water partition coefficient (Wildman–Crippen LogP) is 3.56. The van der Waals surface area contributed by atoms with Crippen LogP contribution in [0, 0.1) is 0 Å². The number of piperidine rings is 1. The molecule has 0 atom stereocenters. The third-order valence-corrected chi connectivity index (χ3v) is 5.25. The highest BCUT2D eigenvalue weighted by Crippen LogP contribution is 2.16. The van der Waals surface area contributed by atoms with Gasteiger partial charge in [0.25, 0.3) is 0 Å². The van der Waals surface area contributed by atoms with Gasteiger partial charge in [-0.1, -0.05) is 34.1 Å². The molecule has 1 aromatic heterocycles. The van der Waals surface area contributed by atoms with Crippen molar-refractivity contribution in [3.05, 3.63) is 64.4 Å². The second kappa shape index (κ2) is 10.4. The summed E-state index contributed by atoms with van der Waals surface area (Å²) < 4.78 is 1.13. The number of pyridine rings is 1. The molecule has 2 N–H and O–H groups in total. The third-order valence-electron chi connectivity index (χ3n) is 4.72. The standard InChI is InChI=1S/C21H28BrN5/c1-2-23-21(25-15-20-5-3-4-12-24-20)26-19-10-13-27(14-11-19)16-17-6-8-18(22)9-7-17/h3-9,12,19H,2,10-11,13-16H2,1H3,(H2,23,25,26). The lowest BCUT2D eigenvalue weighted by Gasteiger charge is -2.33. The molecule has 3 rings (SSSR count). The van der Waals surface area contributed by atoms with Gasteiger partial charge in [0.2, 0.25) is 0 Å². The lowest BCUT2D eigenvalue weighted by Crippen LogP contribution is -2.48. The summed E-state index contributed by atoms with van der Waals surface area (Å²) in [5, 5.41) is 6.95. The minimum absolute atomic E-state index is 0.465. The Bertz CT molecular complexity index is 709. The van der Waals surface area contributed by atoms with Crippen LogP contribution in [0.5, 0.6) is 0 Å². The summed E-state index contributed by atoms with van der Waals surface area (Å²) >= 11 is 3.50. The Labute approximate surface area is 170 Å². The zero-order valence-electron chi connectivity index (χ0n) is 15.9. The summed E-state index contributed by atoms with van der Waals surface area (Å²) in [5.41, 5.74) is 2.36. The minimum Gasteiger partial charge on any atom is -0.357 e. The van der Waals surface area contributed by atoms with Crippen LogP contribution in [0.25, 0.3) is 0 Å². The van der Waals surface area contributed by atoms with Gasteiger partial charge in [0.15, 0.2) is 5.96 Å². The first kappa shape index (κ1) is 19.8. The van der Waals surface area contributed by atoms with Crippen LogP contribution in [-0.2, 0) is 13.1 Å². The van der Waals surface area contributed by atoms with Crippen molar-refractivity contribution in [2.45, 2.75) is 38.9 Å². The van der Waals surface area contributed by atoms with Crippen LogP contribution in [0.3, 0.4) is 0 Å². The van der Waals surface area contributed by atoms with E-state index in [1.165, 1.54) is 5.56 Å². The van der Waals surface area contributed by atoms with Crippen molar-refractivity contribution in [3.8, 4) is 0 Å². The zero-order chi connectivity index (χ0) is 18.9. The largest absolute Gasteiger partial charge is 0.357 e. The molecule has 0 saturated carbocycles. The van der Waals surface area contributed by atoms with Gasteiger partial charge in [-0.15, -0.1) is 0 Å². The van der Waals surface area contributed by atoms with Gasteiger partial charge >= 0.3 is 0 Å². The summed E-state index contributed by atoms with van der Waals surface area (Å²) in [4.78, 5) is 11.6. The number of hydrogen-bond acceptors (Lipinski definition) is 3. The zero-order valence-corrected chi connectivity index (χ0v) is 17.5. The van der Waals surface area contributed by atoms with Gasteiger partial charge < -0.3 is 10.6 Å². The Hall–Kier alpha value is -1.92. The van der Waals surface area contributed by atoms with Gasteiger partial charge in [0.05, 0.1) is 12.2 Å². The predicted molar refractivity (Wildman–Crippen MR) is 115 cm³/mol. The fraction of sp³-hybridized carbons (Fsp3) is 0.429. The second-order valence-corrected chi connectivity index (χ2v) is 7.75. The van der Waals surface area contributed by atoms with E-state index in [9.17, 15) is 0 Å². The molecule has 6 heteroatoms. The molecule has 0 spiro atoms. The lowest BCUT2D eigenvalue weighted by molar-refractivity contribution is 0.198. The molecule has 5 nitrogen and oxygen atoms in total. The highest BCUT2D eigenvalue weighted by atomic mass is 79.9. The number of rotatable bonds is 6. The average Bonchev–Trinajstić information content (AvgIpc) is 2.70. The number of nitrogens with one attached hydrogen (secondary N) is 2. The first-order chi connectivity index (χ1) is 13.2. The van der Waals surface area contributed by atoms with Crippen molar-refractivity contribution < 1.29 is 0 Å². The van der Waals surface area contributed by atoms with Crippen molar-refractivity contribution in [3.63, 3.8) is 0 Å². The summed E-state index contributed by atoms with van der Waals surface area (Å²) in [7, 11) is 0. The van der Waals surface area contributed by atoms with Gasteiger partial charge in [-0.2, -0.15) is 0 Å². The summed E-state index contributed by atoms with van der Waals surface area (Å²) in [6.45, 7) is 6.78. The van der Waals surface area contributed by atoms with E-state index in [2.05, 4.69) is 72.6 Å². The number of benzene rings is 1. The molecule has 2 aromatic rings. The van der Waals surface area contributed by atoms with Gasteiger partial charge in [-0.05, 0) is 49.6 Å². The Kier molecular flexibility index (Phi) is 7.66. The van der Waals surface area contributed by atoms with Crippen molar-refractivity contribution >= 4 is 21.9 Å². The lowest BCUT2D eigenvalue weighted by atomic mass is 10.0. The molecule has 1 fully saturated rings. The van der Waals surface area contributed by atoms with Crippen molar-refractivity contribution in [2.75, 3.05) is 19.6 Å². The topological polar surface area (TPSA) is 52.6 Å². The molecule has 2 heterocycles.